The van der Waals surface area contributed by atoms with Crippen molar-refractivity contribution in [3.8, 4) is 28.3 Å². The van der Waals surface area contributed by atoms with Gasteiger partial charge in [0.2, 0.25) is 0 Å². The topological polar surface area (TPSA) is 52.3 Å². The van der Waals surface area contributed by atoms with Crippen molar-refractivity contribution in [3.63, 3.8) is 0 Å². The molecule has 0 bridgehead atoms. The molecular weight excluding hydrogens is 348 g/mol. The molecule has 5 nitrogen and oxygen atoms in total. The molecule has 0 unspecified atom stereocenters. The minimum Gasteiger partial charge on any atom is -0.497 e. The lowest BCUT2D eigenvalue weighted by Gasteiger charge is -2.09. The van der Waals surface area contributed by atoms with Gasteiger partial charge < -0.3 is 4.74 Å². The van der Waals surface area contributed by atoms with E-state index in [1.807, 2.05) is 40.9 Å². The zero-order chi connectivity index (χ0) is 19.1. The highest BCUT2D eigenvalue weighted by Gasteiger charge is 2.15. The van der Waals surface area contributed by atoms with Crippen LogP contribution >= 0.6 is 0 Å². The Morgan fingerprint density at radius 3 is 2.39 bits per heavy atom. The monoisotopic (exact) mass is 366 g/mol. The molecule has 0 aliphatic rings. The minimum absolute atomic E-state index is 0.686. The van der Waals surface area contributed by atoms with E-state index in [0.717, 1.165) is 39.3 Å². The Morgan fingerprint density at radius 1 is 0.893 bits per heavy atom. The Labute approximate surface area is 162 Å². The second kappa shape index (κ2) is 6.46. The van der Waals surface area contributed by atoms with Gasteiger partial charge in [0, 0.05) is 17.3 Å². The molecule has 0 radical (unpaired) electrons. The number of benzene rings is 2. The van der Waals surface area contributed by atoms with Crippen LogP contribution in [0.15, 0.2) is 72.9 Å². The number of rotatable bonds is 3. The van der Waals surface area contributed by atoms with E-state index in [2.05, 4.69) is 42.2 Å². The van der Waals surface area contributed by atoms with Crippen molar-refractivity contribution in [1.29, 1.82) is 0 Å². The molecule has 0 amide bonds. The summed E-state index contributed by atoms with van der Waals surface area (Å²) >= 11 is 0. The second-order valence-corrected chi connectivity index (χ2v) is 6.73. The van der Waals surface area contributed by atoms with E-state index in [0.29, 0.717) is 5.65 Å². The molecule has 5 heteroatoms. The Hall–Kier alpha value is -3.73. The molecule has 0 N–H and O–H groups in total. The van der Waals surface area contributed by atoms with E-state index in [1.165, 1.54) is 5.56 Å². The molecule has 3 aromatic heterocycles. The fraction of sp³-hybridized carbons (Fsp3) is 0.0870. The number of pyridine rings is 1. The lowest BCUT2D eigenvalue weighted by atomic mass is 10.1. The Morgan fingerprint density at radius 2 is 1.64 bits per heavy atom. The van der Waals surface area contributed by atoms with Gasteiger partial charge in [-0.1, -0.05) is 29.8 Å². The average molecular weight is 366 g/mol. The smallest absolute Gasteiger partial charge is 0.183 e. The number of aryl methyl sites for hydroxylation is 1. The normalized spacial score (nSPS) is 11.2. The predicted octanol–water partition coefficient (Wildman–Crippen LogP) is 4.93. The summed E-state index contributed by atoms with van der Waals surface area (Å²) < 4.78 is 7.17. The minimum atomic E-state index is 0.686. The van der Waals surface area contributed by atoms with Crippen molar-refractivity contribution < 1.29 is 4.74 Å². The molecule has 5 rings (SSSR count). The van der Waals surface area contributed by atoms with Crippen molar-refractivity contribution in [2.45, 2.75) is 6.92 Å². The van der Waals surface area contributed by atoms with Gasteiger partial charge in [-0.25, -0.2) is 14.5 Å². The van der Waals surface area contributed by atoms with Crippen molar-refractivity contribution in [3.05, 3.63) is 78.5 Å². The van der Waals surface area contributed by atoms with Gasteiger partial charge in [-0.15, -0.1) is 5.10 Å². The van der Waals surface area contributed by atoms with E-state index in [9.17, 15) is 0 Å². The third kappa shape index (κ3) is 2.68. The highest BCUT2D eigenvalue weighted by molar-refractivity contribution is 5.91. The van der Waals surface area contributed by atoms with Crippen LogP contribution in [0.4, 0.5) is 0 Å². The van der Waals surface area contributed by atoms with Crippen LogP contribution in [0.25, 0.3) is 39.2 Å². The Bertz CT molecular complexity index is 1290. The summed E-state index contributed by atoms with van der Waals surface area (Å²) in [4.78, 5) is 9.32. The summed E-state index contributed by atoms with van der Waals surface area (Å²) in [5, 5.41) is 5.63. The van der Waals surface area contributed by atoms with Crippen molar-refractivity contribution >= 4 is 16.7 Å². The van der Waals surface area contributed by atoms with Gasteiger partial charge in [0.05, 0.1) is 23.9 Å². The summed E-state index contributed by atoms with van der Waals surface area (Å²) in [6.07, 6.45) is 1.75. The van der Waals surface area contributed by atoms with E-state index in [-0.39, 0.29) is 0 Å². The molecule has 3 heterocycles. The SMILES string of the molecule is COc1ccc(-c2cc(-c3ccc(C)cc3)nc3c4cccnc4nn23)cc1. The highest BCUT2D eigenvalue weighted by Crippen LogP contribution is 2.30. The van der Waals surface area contributed by atoms with Crippen LogP contribution in [0.3, 0.4) is 0 Å². The molecule has 5 aromatic rings. The zero-order valence-corrected chi connectivity index (χ0v) is 15.6. The van der Waals surface area contributed by atoms with Gasteiger partial charge in [-0.05, 0) is 49.4 Å². The first-order valence-corrected chi connectivity index (χ1v) is 9.09. The van der Waals surface area contributed by atoms with Gasteiger partial charge in [0.1, 0.15) is 5.75 Å². The number of methoxy groups -OCH3 is 1. The number of nitrogens with zero attached hydrogens (tertiary/aromatic N) is 4. The summed E-state index contributed by atoms with van der Waals surface area (Å²) in [5.41, 5.74) is 6.68. The fourth-order valence-electron chi connectivity index (χ4n) is 3.36. The van der Waals surface area contributed by atoms with Crippen LogP contribution in [-0.4, -0.2) is 26.7 Å². The van der Waals surface area contributed by atoms with Gasteiger partial charge in [0.25, 0.3) is 0 Å². The number of fused-ring (bicyclic) bond motifs is 3. The summed E-state index contributed by atoms with van der Waals surface area (Å²) in [7, 11) is 1.67. The molecule has 0 saturated heterocycles. The van der Waals surface area contributed by atoms with E-state index < -0.39 is 0 Å². The van der Waals surface area contributed by atoms with Crippen LogP contribution in [0.1, 0.15) is 5.56 Å². The third-order valence-corrected chi connectivity index (χ3v) is 4.88. The maximum Gasteiger partial charge on any atom is 0.183 e. The summed E-state index contributed by atoms with van der Waals surface area (Å²) in [6, 6.07) is 22.4. The van der Waals surface area contributed by atoms with Crippen molar-refractivity contribution in [2.75, 3.05) is 7.11 Å². The van der Waals surface area contributed by atoms with Gasteiger partial charge in [0.15, 0.2) is 11.3 Å². The first-order chi connectivity index (χ1) is 13.7. The third-order valence-electron chi connectivity index (χ3n) is 4.88. The van der Waals surface area contributed by atoms with E-state index in [4.69, 9.17) is 14.8 Å². The molecule has 0 fully saturated rings. The van der Waals surface area contributed by atoms with Gasteiger partial charge in [-0.2, -0.15) is 0 Å². The molecule has 0 saturated carbocycles. The van der Waals surface area contributed by atoms with Crippen LogP contribution < -0.4 is 4.74 Å². The first-order valence-electron chi connectivity index (χ1n) is 9.09. The van der Waals surface area contributed by atoms with Gasteiger partial charge >= 0.3 is 0 Å². The molecule has 0 spiro atoms. The average Bonchev–Trinajstić information content (AvgIpc) is 3.12. The molecule has 136 valence electrons. The fourth-order valence-corrected chi connectivity index (χ4v) is 3.36. The quantitative estimate of drug-likeness (QED) is 0.454. The van der Waals surface area contributed by atoms with Crippen LogP contribution in [0.5, 0.6) is 5.75 Å². The maximum absolute atomic E-state index is 5.30. The van der Waals surface area contributed by atoms with Crippen LogP contribution in [-0.2, 0) is 0 Å². The molecular formula is C23H18N4O. The van der Waals surface area contributed by atoms with Crippen molar-refractivity contribution in [2.24, 2.45) is 0 Å². The predicted molar refractivity (Wildman–Crippen MR) is 110 cm³/mol. The van der Waals surface area contributed by atoms with E-state index in [1.54, 1.807) is 13.3 Å². The molecule has 0 atom stereocenters. The first kappa shape index (κ1) is 16.4. The molecule has 2 aromatic carbocycles. The van der Waals surface area contributed by atoms with Crippen LogP contribution in [0.2, 0.25) is 0 Å². The largest absolute Gasteiger partial charge is 0.497 e. The molecule has 28 heavy (non-hydrogen) atoms. The molecule has 0 aliphatic heterocycles. The van der Waals surface area contributed by atoms with Crippen LogP contribution in [0, 0.1) is 6.92 Å². The number of hydrogen-bond donors (Lipinski definition) is 0. The van der Waals surface area contributed by atoms with Gasteiger partial charge in [-0.3, -0.25) is 0 Å². The maximum atomic E-state index is 5.30. The lowest BCUT2D eigenvalue weighted by molar-refractivity contribution is 0.415. The lowest BCUT2D eigenvalue weighted by Crippen LogP contribution is -1.98. The standard InChI is InChI=1S/C23H18N4O/c1-15-5-7-16(8-6-15)20-14-21(17-9-11-18(28-2)12-10-17)27-23(25-20)19-4-3-13-24-22(19)26-27/h3-14H,1-2H3. The highest BCUT2D eigenvalue weighted by atomic mass is 16.5. The number of hydrogen-bond acceptors (Lipinski definition) is 4. The van der Waals surface area contributed by atoms with Crippen molar-refractivity contribution in [1.82, 2.24) is 19.6 Å². The number of ether oxygens (including phenoxy) is 1. The zero-order valence-electron chi connectivity index (χ0n) is 15.6. The molecule has 0 aliphatic carbocycles. The number of aromatic nitrogens is 4. The Balaban J connectivity index is 1.82. The summed E-state index contributed by atoms with van der Waals surface area (Å²) in [5.74, 6) is 0.820. The Kier molecular flexibility index (Phi) is 3.79. The van der Waals surface area contributed by atoms with E-state index >= 15 is 0 Å². The second-order valence-electron chi connectivity index (χ2n) is 6.73. The summed E-state index contributed by atoms with van der Waals surface area (Å²) in [6.45, 7) is 2.08.